The smallest absolute Gasteiger partial charge is 0.206 e. The monoisotopic (exact) mass is 371 g/mol. The number of nitrogens with zero attached hydrogens (tertiary/aromatic N) is 2. The lowest BCUT2D eigenvalue weighted by molar-refractivity contribution is 0.108. The molecule has 0 amide bonds. The molecule has 1 aromatic heterocycles. The van der Waals surface area contributed by atoms with Crippen molar-refractivity contribution in [2.75, 3.05) is 12.4 Å². The first kappa shape index (κ1) is 14.9. The number of halogens is 2. The van der Waals surface area contributed by atoms with Crippen molar-refractivity contribution >= 4 is 32.4 Å². The summed E-state index contributed by atoms with van der Waals surface area (Å²) in [5.74, 6) is -0.291. The van der Waals surface area contributed by atoms with Gasteiger partial charge in [-0.05, 0) is 37.5 Å². The van der Waals surface area contributed by atoms with Crippen molar-refractivity contribution in [3.05, 3.63) is 28.5 Å². The molecule has 1 N–H and O–H groups in total. The second-order valence-corrected chi connectivity index (χ2v) is 6.94. The highest BCUT2D eigenvalue weighted by Crippen LogP contribution is 2.32. The number of benzene rings is 1. The Kier molecular flexibility index (Phi) is 4.51. The molecule has 0 aliphatic heterocycles. The van der Waals surface area contributed by atoms with E-state index in [1.54, 1.807) is 19.2 Å². The highest BCUT2D eigenvalue weighted by atomic mass is 79.9. The SMILES string of the molecule is COC1CCC(Nc2nnc(-c3cc(Br)ccc3F)s2)C1. The summed E-state index contributed by atoms with van der Waals surface area (Å²) in [4.78, 5) is 0. The normalized spacial score (nSPS) is 21.7. The summed E-state index contributed by atoms with van der Waals surface area (Å²) in [7, 11) is 1.74. The largest absolute Gasteiger partial charge is 0.381 e. The van der Waals surface area contributed by atoms with Gasteiger partial charge in [-0.3, -0.25) is 0 Å². The molecule has 4 nitrogen and oxygen atoms in total. The van der Waals surface area contributed by atoms with E-state index >= 15 is 0 Å². The quantitative estimate of drug-likeness (QED) is 0.879. The van der Waals surface area contributed by atoms with E-state index in [-0.39, 0.29) is 5.82 Å². The van der Waals surface area contributed by atoms with Crippen molar-refractivity contribution in [1.82, 2.24) is 10.2 Å². The van der Waals surface area contributed by atoms with E-state index in [9.17, 15) is 4.39 Å². The average Bonchev–Trinajstić information content (AvgIpc) is 3.11. The zero-order chi connectivity index (χ0) is 14.8. The maximum Gasteiger partial charge on any atom is 0.206 e. The molecular formula is C14H15BrFN3OS. The number of methoxy groups -OCH3 is 1. The minimum absolute atomic E-state index is 0.291. The molecule has 0 bridgehead atoms. The van der Waals surface area contributed by atoms with Gasteiger partial charge in [-0.15, -0.1) is 10.2 Å². The summed E-state index contributed by atoms with van der Waals surface area (Å²) < 4.78 is 20.0. The number of nitrogens with one attached hydrogen (secondary N) is 1. The number of anilines is 1. The fraction of sp³-hybridized carbons (Fsp3) is 0.429. The second-order valence-electron chi connectivity index (χ2n) is 5.05. The van der Waals surface area contributed by atoms with Crippen molar-refractivity contribution < 1.29 is 9.13 Å². The summed E-state index contributed by atoms with van der Waals surface area (Å²) in [6, 6.07) is 5.16. The summed E-state index contributed by atoms with van der Waals surface area (Å²) >= 11 is 4.72. The first-order valence-electron chi connectivity index (χ1n) is 6.74. The van der Waals surface area contributed by atoms with Gasteiger partial charge in [0, 0.05) is 23.2 Å². The Morgan fingerprint density at radius 3 is 3.00 bits per heavy atom. The van der Waals surface area contributed by atoms with Crippen molar-refractivity contribution in [1.29, 1.82) is 0 Å². The minimum atomic E-state index is -0.291. The third kappa shape index (κ3) is 3.41. The lowest BCUT2D eigenvalue weighted by atomic mass is 10.2. The third-order valence-electron chi connectivity index (χ3n) is 3.63. The molecule has 3 rings (SSSR count). The fourth-order valence-corrected chi connectivity index (χ4v) is 3.71. The van der Waals surface area contributed by atoms with Crippen LogP contribution in [-0.2, 0) is 4.74 Å². The first-order valence-corrected chi connectivity index (χ1v) is 8.35. The molecule has 2 unspecified atom stereocenters. The van der Waals surface area contributed by atoms with E-state index in [2.05, 4.69) is 31.4 Å². The maximum absolute atomic E-state index is 13.8. The molecule has 21 heavy (non-hydrogen) atoms. The van der Waals surface area contributed by atoms with Crippen molar-refractivity contribution in [2.45, 2.75) is 31.4 Å². The predicted molar refractivity (Wildman–Crippen MR) is 85.1 cm³/mol. The van der Waals surface area contributed by atoms with Gasteiger partial charge in [-0.25, -0.2) is 4.39 Å². The van der Waals surface area contributed by atoms with Crippen LogP contribution in [0.15, 0.2) is 22.7 Å². The molecular weight excluding hydrogens is 357 g/mol. The molecule has 2 aromatic rings. The summed E-state index contributed by atoms with van der Waals surface area (Å²) in [6.07, 6.45) is 3.40. The van der Waals surface area contributed by atoms with E-state index in [1.165, 1.54) is 17.4 Å². The second kappa shape index (κ2) is 6.37. The molecule has 1 aliphatic rings. The Bertz CT molecular complexity index is 636. The van der Waals surface area contributed by atoms with Gasteiger partial charge in [0.1, 0.15) is 5.82 Å². The van der Waals surface area contributed by atoms with Crippen molar-refractivity contribution in [2.24, 2.45) is 0 Å². The van der Waals surface area contributed by atoms with Crippen LogP contribution in [0.1, 0.15) is 19.3 Å². The Morgan fingerprint density at radius 1 is 1.38 bits per heavy atom. The topological polar surface area (TPSA) is 47.0 Å². The van der Waals surface area contributed by atoms with Gasteiger partial charge >= 0.3 is 0 Å². The molecule has 1 heterocycles. The molecule has 0 spiro atoms. The van der Waals surface area contributed by atoms with Crippen LogP contribution in [0.3, 0.4) is 0 Å². The van der Waals surface area contributed by atoms with Crippen LogP contribution in [-0.4, -0.2) is 29.5 Å². The van der Waals surface area contributed by atoms with Crippen LogP contribution < -0.4 is 5.32 Å². The Balaban J connectivity index is 1.73. The van der Waals surface area contributed by atoms with Gasteiger partial charge < -0.3 is 10.1 Å². The number of hydrogen-bond acceptors (Lipinski definition) is 5. The van der Waals surface area contributed by atoms with Gasteiger partial charge in [0.15, 0.2) is 5.01 Å². The van der Waals surface area contributed by atoms with E-state index in [4.69, 9.17) is 4.74 Å². The van der Waals surface area contributed by atoms with Crippen LogP contribution in [0.2, 0.25) is 0 Å². The molecule has 7 heteroatoms. The fourth-order valence-electron chi connectivity index (χ4n) is 2.51. The molecule has 0 radical (unpaired) electrons. The lowest BCUT2D eigenvalue weighted by Crippen LogP contribution is -2.17. The lowest BCUT2D eigenvalue weighted by Gasteiger charge is -2.10. The molecule has 112 valence electrons. The summed E-state index contributed by atoms with van der Waals surface area (Å²) in [6.45, 7) is 0. The van der Waals surface area contributed by atoms with E-state index < -0.39 is 0 Å². The Hall–Kier alpha value is -1.05. The molecule has 1 aromatic carbocycles. The zero-order valence-corrected chi connectivity index (χ0v) is 13.9. The molecule has 1 fully saturated rings. The Labute approximate surface area is 134 Å². The van der Waals surface area contributed by atoms with Gasteiger partial charge in [-0.1, -0.05) is 27.3 Å². The van der Waals surface area contributed by atoms with E-state index in [0.29, 0.717) is 22.7 Å². The summed E-state index contributed by atoms with van der Waals surface area (Å²) in [5, 5.41) is 12.9. The first-order chi connectivity index (χ1) is 10.2. The van der Waals surface area contributed by atoms with Crippen molar-refractivity contribution in [3.63, 3.8) is 0 Å². The van der Waals surface area contributed by atoms with E-state index in [0.717, 1.165) is 28.9 Å². The van der Waals surface area contributed by atoms with Crippen LogP contribution in [0, 0.1) is 5.82 Å². The highest BCUT2D eigenvalue weighted by molar-refractivity contribution is 9.10. The Morgan fingerprint density at radius 2 is 2.24 bits per heavy atom. The number of rotatable bonds is 4. The van der Waals surface area contributed by atoms with Crippen LogP contribution in [0.25, 0.3) is 10.6 Å². The molecule has 2 atom stereocenters. The average molecular weight is 372 g/mol. The maximum atomic E-state index is 13.8. The minimum Gasteiger partial charge on any atom is -0.381 e. The van der Waals surface area contributed by atoms with Crippen molar-refractivity contribution in [3.8, 4) is 10.6 Å². The van der Waals surface area contributed by atoms with Crippen LogP contribution in [0.4, 0.5) is 9.52 Å². The predicted octanol–water partition coefficient (Wildman–Crippen LogP) is 4.09. The van der Waals surface area contributed by atoms with Crippen LogP contribution >= 0.6 is 27.3 Å². The molecule has 1 aliphatic carbocycles. The summed E-state index contributed by atoms with van der Waals surface area (Å²) in [5.41, 5.74) is 0.469. The van der Waals surface area contributed by atoms with Gasteiger partial charge in [0.25, 0.3) is 0 Å². The number of ether oxygens (including phenoxy) is 1. The molecule has 0 saturated heterocycles. The van der Waals surface area contributed by atoms with Gasteiger partial charge in [-0.2, -0.15) is 0 Å². The highest BCUT2D eigenvalue weighted by Gasteiger charge is 2.25. The molecule has 1 saturated carbocycles. The van der Waals surface area contributed by atoms with Crippen LogP contribution in [0.5, 0.6) is 0 Å². The number of aromatic nitrogens is 2. The number of hydrogen-bond donors (Lipinski definition) is 1. The van der Waals surface area contributed by atoms with Gasteiger partial charge in [0.2, 0.25) is 5.13 Å². The zero-order valence-electron chi connectivity index (χ0n) is 11.5. The van der Waals surface area contributed by atoms with E-state index in [1.807, 2.05) is 0 Å². The standard InChI is InChI=1S/C14H15BrFN3OS/c1-20-10-4-3-9(7-10)17-14-19-18-13(21-14)11-6-8(15)2-5-12(11)16/h2,5-6,9-10H,3-4,7H2,1H3,(H,17,19). The third-order valence-corrected chi connectivity index (χ3v) is 5.01. The van der Waals surface area contributed by atoms with Gasteiger partial charge in [0.05, 0.1) is 6.10 Å².